The van der Waals surface area contributed by atoms with E-state index in [2.05, 4.69) is 10.0 Å². The maximum absolute atomic E-state index is 11.5. The summed E-state index contributed by atoms with van der Waals surface area (Å²) < 4.78 is 29.4. The van der Waals surface area contributed by atoms with E-state index in [1.165, 1.54) is 0 Å². The van der Waals surface area contributed by atoms with Crippen molar-refractivity contribution in [2.45, 2.75) is 37.0 Å². The average Bonchev–Trinajstić information content (AvgIpc) is 2.51. The number of sulfonamides is 1. The molecule has 1 aromatic rings. The lowest BCUT2D eigenvalue weighted by Crippen LogP contribution is -2.39. The van der Waals surface area contributed by atoms with Gasteiger partial charge in [-0.3, -0.25) is 4.79 Å². The zero-order chi connectivity index (χ0) is 18.3. The van der Waals surface area contributed by atoms with Crippen LogP contribution in [0.2, 0.25) is 5.02 Å². The van der Waals surface area contributed by atoms with E-state index in [1.54, 1.807) is 32.0 Å². The molecular formula is C14H19Cl3N2O4S. The van der Waals surface area contributed by atoms with Crippen LogP contribution in [0.1, 0.15) is 25.8 Å². The summed E-state index contributed by atoms with van der Waals surface area (Å²) >= 11 is 16.8. The molecule has 1 aromatic carbocycles. The maximum atomic E-state index is 11.5. The summed E-state index contributed by atoms with van der Waals surface area (Å²) in [6.45, 7) is 3.73. The molecule has 0 saturated heterocycles. The smallest absolute Gasteiger partial charge is 0.243 e. The first-order chi connectivity index (χ1) is 11.2. The normalized spacial score (nSPS) is 12.9. The third-order valence-corrected chi connectivity index (χ3v) is 5.89. The van der Waals surface area contributed by atoms with Crippen molar-refractivity contribution in [2.75, 3.05) is 6.61 Å². The quantitative estimate of drug-likeness (QED) is 0.605. The van der Waals surface area contributed by atoms with Gasteiger partial charge in [0.05, 0.1) is 6.04 Å². The number of amides is 1. The molecule has 2 N–H and O–H groups in total. The van der Waals surface area contributed by atoms with Crippen molar-refractivity contribution in [3.63, 3.8) is 0 Å². The second-order valence-corrected chi connectivity index (χ2v) is 8.84. The number of nitrogens with one attached hydrogen (secondary N) is 2. The lowest BCUT2D eigenvalue weighted by molar-refractivity contribution is -0.120. The van der Waals surface area contributed by atoms with Crippen molar-refractivity contribution < 1.29 is 17.9 Å². The standard InChI is InChI=1S/C14H19Cl3N2O4S/c1-3-13(20)18-7-10-6-11(4-5-12(10)15)23-8-9(2)19-24(21,22)14(16)17/h4-6,9,14,19H,3,7-8H2,1-2H3,(H,18,20)/t9-/m0/s1. The molecule has 0 spiro atoms. The number of halogens is 3. The van der Waals surface area contributed by atoms with Gasteiger partial charge >= 0.3 is 0 Å². The van der Waals surface area contributed by atoms with Gasteiger partial charge in [0.25, 0.3) is 0 Å². The molecule has 1 atom stereocenters. The monoisotopic (exact) mass is 416 g/mol. The van der Waals surface area contributed by atoms with Gasteiger partial charge in [-0.1, -0.05) is 41.7 Å². The predicted molar refractivity (Wildman–Crippen MR) is 96.1 cm³/mol. The number of hydrogen-bond donors (Lipinski definition) is 2. The molecule has 6 nitrogen and oxygen atoms in total. The van der Waals surface area contributed by atoms with E-state index < -0.39 is 20.2 Å². The van der Waals surface area contributed by atoms with Crippen LogP contribution in [0, 0.1) is 0 Å². The van der Waals surface area contributed by atoms with Gasteiger partial charge in [0.15, 0.2) is 0 Å². The van der Waals surface area contributed by atoms with Crippen LogP contribution in [0.25, 0.3) is 0 Å². The second kappa shape index (κ2) is 9.68. The number of hydrogen-bond acceptors (Lipinski definition) is 4. The summed E-state index contributed by atoms with van der Waals surface area (Å²) in [5, 5.41) is 3.22. The zero-order valence-corrected chi connectivity index (χ0v) is 16.3. The number of alkyl halides is 2. The molecule has 0 heterocycles. The van der Waals surface area contributed by atoms with E-state index in [-0.39, 0.29) is 19.1 Å². The number of benzene rings is 1. The fraction of sp³-hybridized carbons (Fsp3) is 0.500. The third kappa shape index (κ3) is 7.03. The van der Waals surface area contributed by atoms with Crippen LogP contribution < -0.4 is 14.8 Å². The number of carbonyl (C=O) groups is 1. The fourth-order valence-corrected chi connectivity index (χ4v) is 2.91. The third-order valence-electron chi connectivity index (χ3n) is 2.91. The Bertz CT molecular complexity index is 668. The van der Waals surface area contributed by atoms with E-state index in [4.69, 9.17) is 39.5 Å². The zero-order valence-electron chi connectivity index (χ0n) is 13.2. The van der Waals surface area contributed by atoms with Crippen LogP contribution in [-0.2, 0) is 21.4 Å². The van der Waals surface area contributed by atoms with Crippen LogP contribution in [-0.4, -0.2) is 31.1 Å². The van der Waals surface area contributed by atoms with Gasteiger partial charge in [-0.2, -0.15) is 0 Å². The molecule has 0 unspecified atom stereocenters. The van der Waals surface area contributed by atoms with Crippen molar-refractivity contribution in [3.05, 3.63) is 28.8 Å². The van der Waals surface area contributed by atoms with Crippen LogP contribution in [0.15, 0.2) is 18.2 Å². The van der Waals surface area contributed by atoms with Gasteiger partial charge in [0.2, 0.25) is 20.1 Å². The highest BCUT2D eigenvalue weighted by molar-refractivity contribution is 7.92. The van der Waals surface area contributed by atoms with E-state index in [0.29, 0.717) is 22.8 Å². The molecule has 136 valence electrons. The molecule has 1 amide bonds. The first-order valence-corrected chi connectivity index (χ1v) is 9.92. The fourth-order valence-electron chi connectivity index (χ4n) is 1.68. The topological polar surface area (TPSA) is 84.5 Å². The Balaban J connectivity index is 2.64. The second-order valence-electron chi connectivity index (χ2n) is 5.02. The highest BCUT2D eigenvalue weighted by Crippen LogP contribution is 2.22. The van der Waals surface area contributed by atoms with Gasteiger partial charge in [-0.05, 0) is 30.7 Å². The minimum atomic E-state index is -3.81. The molecule has 0 aromatic heterocycles. The van der Waals surface area contributed by atoms with Crippen molar-refractivity contribution >= 4 is 50.7 Å². The molecule has 0 saturated carbocycles. The number of ether oxygens (including phenoxy) is 1. The summed E-state index contributed by atoms with van der Waals surface area (Å²) in [5.74, 6) is 0.414. The highest BCUT2D eigenvalue weighted by Gasteiger charge is 2.22. The molecule has 0 bridgehead atoms. The minimum Gasteiger partial charge on any atom is -0.492 e. The van der Waals surface area contributed by atoms with E-state index >= 15 is 0 Å². The maximum Gasteiger partial charge on any atom is 0.243 e. The average molecular weight is 418 g/mol. The molecule has 0 aliphatic rings. The van der Waals surface area contributed by atoms with Gasteiger partial charge in [-0.25, -0.2) is 13.1 Å². The number of rotatable bonds is 9. The largest absolute Gasteiger partial charge is 0.492 e. The summed E-state index contributed by atoms with van der Waals surface area (Å²) in [7, 11) is -3.81. The Kier molecular flexibility index (Phi) is 8.59. The predicted octanol–water partition coefficient (Wildman–Crippen LogP) is 2.81. The van der Waals surface area contributed by atoms with E-state index in [1.807, 2.05) is 0 Å². The van der Waals surface area contributed by atoms with Crippen LogP contribution in [0.3, 0.4) is 0 Å². The Morgan fingerprint density at radius 2 is 2.00 bits per heavy atom. The van der Waals surface area contributed by atoms with E-state index in [9.17, 15) is 13.2 Å². The Labute approximate surface area is 156 Å². The van der Waals surface area contributed by atoms with Crippen molar-refractivity contribution in [1.29, 1.82) is 0 Å². The van der Waals surface area contributed by atoms with Gasteiger partial charge < -0.3 is 10.1 Å². The first kappa shape index (κ1) is 21.3. The molecule has 24 heavy (non-hydrogen) atoms. The molecule has 0 radical (unpaired) electrons. The lowest BCUT2D eigenvalue weighted by Gasteiger charge is -2.16. The van der Waals surface area contributed by atoms with Gasteiger partial charge in [0.1, 0.15) is 12.4 Å². The summed E-state index contributed by atoms with van der Waals surface area (Å²) in [6, 6.07) is 4.45. The molecule has 10 heteroatoms. The summed E-state index contributed by atoms with van der Waals surface area (Å²) in [4.78, 5) is 11.3. The summed E-state index contributed by atoms with van der Waals surface area (Å²) in [6.07, 6.45) is 0.383. The van der Waals surface area contributed by atoms with Crippen molar-refractivity contribution in [3.8, 4) is 5.75 Å². The summed E-state index contributed by atoms with van der Waals surface area (Å²) in [5.41, 5.74) is 0.700. The minimum absolute atomic E-state index is 0.0715. The Morgan fingerprint density at radius 1 is 1.33 bits per heavy atom. The number of carbonyl (C=O) groups excluding carboxylic acids is 1. The molecule has 1 rings (SSSR count). The Morgan fingerprint density at radius 3 is 2.58 bits per heavy atom. The van der Waals surface area contributed by atoms with E-state index in [0.717, 1.165) is 0 Å². The molecule has 0 fully saturated rings. The van der Waals surface area contributed by atoms with Gasteiger partial charge in [-0.15, -0.1) is 0 Å². The highest BCUT2D eigenvalue weighted by atomic mass is 35.5. The van der Waals surface area contributed by atoms with Crippen molar-refractivity contribution in [1.82, 2.24) is 10.0 Å². The van der Waals surface area contributed by atoms with Crippen molar-refractivity contribution in [2.24, 2.45) is 0 Å². The van der Waals surface area contributed by atoms with Crippen LogP contribution in [0.5, 0.6) is 5.75 Å². The SMILES string of the molecule is CCC(=O)NCc1cc(OC[C@H](C)NS(=O)(=O)C(Cl)Cl)ccc1Cl. The molecule has 0 aliphatic carbocycles. The first-order valence-electron chi connectivity index (χ1n) is 7.13. The molecular weight excluding hydrogens is 399 g/mol. The lowest BCUT2D eigenvalue weighted by atomic mass is 10.2. The van der Waals surface area contributed by atoms with Crippen LogP contribution in [0.4, 0.5) is 0 Å². The Hall–Kier alpha value is -0.730. The molecule has 0 aliphatic heterocycles. The van der Waals surface area contributed by atoms with Gasteiger partial charge in [0, 0.05) is 18.0 Å². The van der Waals surface area contributed by atoms with Crippen LogP contribution >= 0.6 is 34.8 Å².